The van der Waals surface area contributed by atoms with Crippen LogP contribution < -0.4 is 16.8 Å². The van der Waals surface area contributed by atoms with E-state index in [1.165, 1.54) is 24.5 Å². The Kier molecular flexibility index (Phi) is 5.43. The monoisotopic (exact) mass is 341 g/mol. The second-order valence-corrected chi connectivity index (χ2v) is 5.72. The van der Waals surface area contributed by atoms with Crippen molar-refractivity contribution in [3.63, 3.8) is 0 Å². The van der Waals surface area contributed by atoms with Crippen molar-refractivity contribution in [1.82, 2.24) is 20.3 Å². The standard InChI is InChI=1S/C17H20FN7/c1-4-11(12-9-22-15(19)23-10-12)8-24-16(20)25-17(2,3)14-13(18)6-5-7-21-14/h4-10H,1H2,2-3H3,(H2,19,22,23)(H3,20,24,25)/b11-8+. The van der Waals surface area contributed by atoms with E-state index in [1.807, 2.05) is 0 Å². The summed E-state index contributed by atoms with van der Waals surface area (Å²) in [6.07, 6.45) is 7.74. The normalized spacial score (nSPS) is 12.8. The van der Waals surface area contributed by atoms with Crippen molar-refractivity contribution in [3.8, 4) is 0 Å². The number of nitrogens with two attached hydrogens (primary N) is 2. The molecule has 0 amide bonds. The molecule has 0 bridgehead atoms. The van der Waals surface area contributed by atoms with Gasteiger partial charge in [-0.3, -0.25) is 4.98 Å². The minimum Gasteiger partial charge on any atom is -0.370 e. The Morgan fingerprint density at radius 2 is 2.00 bits per heavy atom. The van der Waals surface area contributed by atoms with Gasteiger partial charge in [0.25, 0.3) is 0 Å². The van der Waals surface area contributed by atoms with Crippen molar-refractivity contribution in [3.05, 3.63) is 66.7 Å². The highest BCUT2D eigenvalue weighted by Gasteiger charge is 2.25. The number of rotatable bonds is 5. The van der Waals surface area contributed by atoms with Gasteiger partial charge in [0.2, 0.25) is 5.95 Å². The summed E-state index contributed by atoms with van der Waals surface area (Å²) in [4.78, 5) is 16.0. The number of anilines is 1. The third-order valence-electron chi connectivity index (χ3n) is 3.36. The summed E-state index contributed by atoms with van der Waals surface area (Å²) in [6.45, 7) is 7.24. The van der Waals surface area contributed by atoms with Gasteiger partial charge in [0.05, 0.1) is 5.54 Å². The number of pyridine rings is 1. The summed E-state index contributed by atoms with van der Waals surface area (Å²) in [5.41, 5.74) is 12.1. The Balaban J connectivity index is 2.21. The zero-order valence-corrected chi connectivity index (χ0v) is 14.1. The maximum absolute atomic E-state index is 13.9. The number of guanidine groups is 1. The van der Waals surface area contributed by atoms with E-state index >= 15 is 0 Å². The molecular weight excluding hydrogens is 321 g/mol. The fourth-order valence-corrected chi connectivity index (χ4v) is 2.13. The molecule has 0 atom stereocenters. The van der Waals surface area contributed by atoms with Crippen LogP contribution in [0.15, 0.2) is 54.6 Å². The van der Waals surface area contributed by atoms with Gasteiger partial charge in [-0.2, -0.15) is 0 Å². The molecule has 5 N–H and O–H groups in total. The Morgan fingerprint density at radius 1 is 1.32 bits per heavy atom. The van der Waals surface area contributed by atoms with Gasteiger partial charge < -0.3 is 16.8 Å². The molecule has 8 heteroatoms. The van der Waals surface area contributed by atoms with Gasteiger partial charge in [-0.25, -0.2) is 19.4 Å². The predicted octanol–water partition coefficient (Wildman–Crippen LogP) is 1.96. The molecule has 0 radical (unpaired) electrons. The van der Waals surface area contributed by atoms with Crippen LogP contribution in [0.25, 0.3) is 5.57 Å². The number of nitrogens with one attached hydrogen (secondary N) is 1. The minimum atomic E-state index is -0.842. The van der Waals surface area contributed by atoms with Crippen LogP contribution in [-0.2, 0) is 5.54 Å². The van der Waals surface area contributed by atoms with Gasteiger partial charge in [0.15, 0.2) is 5.96 Å². The molecule has 130 valence electrons. The SMILES string of the molecule is C=C/C(=C\N=C(/N)NC(C)(C)c1ncccc1F)c1cnc(N)nc1. The third-order valence-corrected chi connectivity index (χ3v) is 3.36. The van der Waals surface area contributed by atoms with Crippen LogP contribution >= 0.6 is 0 Å². The summed E-state index contributed by atoms with van der Waals surface area (Å²) in [5, 5.41) is 2.95. The molecule has 2 heterocycles. The molecular formula is C17H20FN7. The van der Waals surface area contributed by atoms with Crippen molar-refractivity contribution >= 4 is 17.5 Å². The Labute approximate surface area is 145 Å². The number of nitrogen functional groups attached to an aromatic ring is 1. The first-order chi connectivity index (χ1) is 11.8. The second kappa shape index (κ2) is 7.52. The maximum Gasteiger partial charge on any atom is 0.219 e. The lowest BCUT2D eigenvalue weighted by molar-refractivity contribution is 0.434. The number of hydrogen-bond acceptors (Lipinski definition) is 5. The molecule has 0 aliphatic carbocycles. The lowest BCUT2D eigenvalue weighted by Crippen LogP contribution is -2.46. The minimum absolute atomic E-state index is 0.103. The Hall–Kier alpha value is -3.29. The number of aromatic nitrogens is 3. The number of hydrogen-bond donors (Lipinski definition) is 3. The van der Waals surface area contributed by atoms with Crippen LogP contribution in [0, 0.1) is 5.82 Å². The van der Waals surface area contributed by atoms with Crippen molar-refractivity contribution in [1.29, 1.82) is 0 Å². The number of halogens is 1. The van der Waals surface area contributed by atoms with Crippen LogP contribution in [0.5, 0.6) is 0 Å². The first-order valence-corrected chi connectivity index (χ1v) is 7.46. The molecule has 0 saturated heterocycles. The van der Waals surface area contributed by atoms with Gasteiger partial charge in [-0.1, -0.05) is 12.7 Å². The molecule has 2 aromatic heterocycles. The smallest absolute Gasteiger partial charge is 0.219 e. The summed E-state index contributed by atoms with van der Waals surface area (Å²) in [5.74, 6) is -0.143. The quantitative estimate of drug-likeness (QED) is 0.435. The van der Waals surface area contributed by atoms with E-state index < -0.39 is 11.4 Å². The molecule has 2 aromatic rings. The molecule has 0 fully saturated rings. The van der Waals surface area contributed by atoms with E-state index in [4.69, 9.17) is 11.5 Å². The van der Waals surface area contributed by atoms with E-state index in [2.05, 4.69) is 31.8 Å². The fourth-order valence-electron chi connectivity index (χ4n) is 2.13. The van der Waals surface area contributed by atoms with Crippen LogP contribution in [0.2, 0.25) is 0 Å². The molecule has 0 aliphatic heterocycles. The van der Waals surface area contributed by atoms with E-state index in [0.717, 1.165) is 0 Å². The highest BCUT2D eigenvalue weighted by atomic mass is 19.1. The summed E-state index contributed by atoms with van der Waals surface area (Å²) in [6, 6.07) is 2.87. The summed E-state index contributed by atoms with van der Waals surface area (Å²) in [7, 11) is 0. The zero-order valence-electron chi connectivity index (χ0n) is 14.1. The molecule has 0 saturated carbocycles. The van der Waals surface area contributed by atoms with Gasteiger partial charge >= 0.3 is 0 Å². The van der Waals surface area contributed by atoms with Crippen molar-refractivity contribution in [2.45, 2.75) is 19.4 Å². The van der Waals surface area contributed by atoms with Crippen molar-refractivity contribution in [2.75, 3.05) is 5.73 Å². The Bertz CT molecular complexity index is 810. The van der Waals surface area contributed by atoms with Gasteiger partial charge in [0.1, 0.15) is 11.5 Å². The van der Waals surface area contributed by atoms with E-state index in [0.29, 0.717) is 11.1 Å². The van der Waals surface area contributed by atoms with Crippen molar-refractivity contribution in [2.24, 2.45) is 10.7 Å². The lowest BCUT2D eigenvalue weighted by Gasteiger charge is -2.26. The van der Waals surface area contributed by atoms with Gasteiger partial charge in [-0.05, 0) is 26.0 Å². The average molecular weight is 341 g/mol. The van der Waals surface area contributed by atoms with Crippen LogP contribution in [0.3, 0.4) is 0 Å². The van der Waals surface area contributed by atoms with Crippen LogP contribution in [0.4, 0.5) is 10.3 Å². The summed E-state index contributed by atoms with van der Waals surface area (Å²) < 4.78 is 13.9. The van der Waals surface area contributed by atoms with Crippen LogP contribution in [-0.4, -0.2) is 20.9 Å². The number of allylic oxidation sites excluding steroid dienone is 2. The van der Waals surface area contributed by atoms with Gasteiger partial charge in [0, 0.05) is 35.9 Å². The predicted molar refractivity (Wildman–Crippen MR) is 96.6 cm³/mol. The average Bonchev–Trinajstić information content (AvgIpc) is 2.56. The second-order valence-electron chi connectivity index (χ2n) is 5.72. The maximum atomic E-state index is 13.9. The molecule has 0 unspecified atom stereocenters. The first kappa shape index (κ1) is 18.1. The topological polar surface area (TPSA) is 115 Å². The van der Waals surface area contributed by atoms with Gasteiger partial charge in [-0.15, -0.1) is 0 Å². The largest absolute Gasteiger partial charge is 0.370 e. The first-order valence-electron chi connectivity index (χ1n) is 7.46. The third kappa shape index (κ3) is 4.60. The Morgan fingerprint density at radius 3 is 2.60 bits per heavy atom. The fraction of sp³-hybridized carbons (Fsp3) is 0.176. The molecule has 0 aliphatic rings. The summed E-state index contributed by atoms with van der Waals surface area (Å²) >= 11 is 0. The van der Waals surface area contributed by atoms with E-state index in [-0.39, 0.29) is 17.6 Å². The molecule has 7 nitrogen and oxygen atoms in total. The zero-order chi connectivity index (χ0) is 18.4. The van der Waals surface area contributed by atoms with Crippen molar-refractivity contribution < 1.29 is 4.39 Å². The highest BCUT2D eigenvalue weighted by molar-refractivity contribution is 5.81. The molecule has 0 aromatic carbocycles. The van der Waals surface area contributed by atoms with Crippen LogP contribution in [0.1, 0.15) is 25.1 Å². The molecule has 25 heavy (non-hydrogen) atoms. The lowest BCUT2D eigenvalue weighted by atomic mass is 9.99. The van der Waals surface area contributed by atoms with E-state index in [1.54, 1.807) is 32.3 Å². The molecule has 2 rings (SSSR count). The highest BCUT2D eigenvalue weighted by Crippen LogP contribution is 2.20. The molecule has 0 spiro atoms. The number of nitrogens with zero attached hydrogens (tertiary/aromatic N) is 4. The van der Waals surface area contributed by atoms with E-state index in [9.17, 15) is 4.39 Å². The number of aliphatic imine (C=N–C) groups is 1.